The van der Waals surface area contributed by atoms with E-state index >= 15 is 0 Å². The summed E-state index contributed by atoms with van der Waals surface area (Å²) in [7, 11) is 1.77. The number of likely N-dealkylation sites (N-methyl/N-ethyl adjacent to an activating group) is 1. The van der Waals surface area contributed by atoms with E-state index in [1.54, 1.807) is 25.8 Å². The third-order valence-electron chi connectivity index (χ3n) is 3.08. The van der Waals surface area contributed by atoms with Gasteiger partial charge in [0.05, 0.1) is 11.5 Å². The van der Waals surface area contributed by atoms with Crippen LogP contribution in [-0.2, 0) is 4.79 Å². The molecule has 4 heteroatoms. The average Bonchev–Trinajstić information content (AvgIpc) is 2.15. The maximum atomic E-state index is 12.2. The van der Waals surface area contributed by atoms with Crippen LogP contribution in [0, 0.1) is 5.92 Å². The molecule has 1 aliphatic rings. The van der Waals surface area contributed by atoms with Gasteiger partial charge in [-0.3, -0.25) is 4.79 Å². The van der Waals surface area contributed by atoms with Crippen molar-refractivity contribution in [3.8, 4) is 0 Å². The largest absolute Gasteiger partial charge is 0.389 e. The Hall–Kier alpha value is -0.610. The minimum atomic E-state index is -0.824. The normalized spacial score (nSPS) is 26.6. The van der Waals surface area contributed by atoms with Crippen LogP contribution in [0.4, 0.5) is 0 Å². The Bertz CT molecular complexity index is 248. The van der Waals surface area contributed by atoms with Gasteiger partial charge in [0, 0.05) is 19.6 Å². The second kappa shape index (κ2) is 5.15. The number of nitrogens with zero attached hydrogens (tertiary/aromatic N) is 1. The maximum absolute atomic E-state index is 12.2. The Morgan fingerprint density at radius 1 is 1.56 bits per heavy atom. The van der Waals surface area contributed by atoms with E-state index in [-0.39, 0.29) is 17.9 Å². The van der Waals surface area contributed by atoms with Gasteiger partial charge < -0.3 is 15.3 Å². The monoisotopic (exact) mass is 228 g/mol. The summed E-state index contributed by atoms with van der Waals surface area (Å²) >= 11 is 0. The van der Waals surface area contributed by atoms with E-state index in [0.29, 0.717) is 6.54 Å². The second-order valence-electron chi connectivity index (χ2n) is 5.50. The Morgan fingerprint density at radius 3 is 2.69 bits per heavy atom. The zero-order valence-electron chi connectivity index (χ0n) is 10.8. The van der Waals surface area contributed by atoms with E-state index in [1.807, 2.05) is 0 Å². The lowest BCUT2D eigenvalue weighted by molar-refractivity contribution is -0.138. The van der Waals surface area contributed by atoms with Crippen molar-refractivity contribution in [3.05, 3.63) is 0 Å². The molecule has 1 fully saturated rings. The Labute approximate surface area is 98.0 Å². The number of carbonyl (C=O) groups excluding carboxylic acids is 1. The highest BCUT2D eigenvalue weighted by Crippen LogP contribution is 2.19. The molecule has 0 aromatic heterocycles. The number of nitrogens with one attached hydrogen (secondary N) is 1. The quantitative estimate of drug-likeness (QED) is 0.744. The van der Waals surface area contributed by atoms with E-state index < -0.39 is 5.60 Å². The molecule has 1 saturated heterocycles. The predicted octanol–water partition coefficient (Wildman–Crippen LogP) is 0.604. The average molecular weight is 228 g/mol. The molecule has 1 amide bonds. The van der Waals surface area contributed by atoms with Gasteiger partial charge in [0.15, 0.2) is 0 Å². The molecule has 2 N–H and O–H groups in total. The first-order valence-corrected chi connectivity index (χ1v) is 6.02. The van der Waals surface area contributed by atoms with E-state index in [1.165, 1.54) is 0 Å². The van der Waals surface area contributed by atoms with E-state index in [0.717, 1.165) is 19.4 Å². The molecule has 0 spiro atoms. The molecule has 1 heterocycles. The second-order valence-corrected chi connectivity index (χ2v) is 5.50. The molecule has 4 nitrogen and oxygen atoms in total. The van der Waals surface area contributed by atoms with Crippen molar-refractivity contribution in [1.82, 2.24) is 10.2 Å². The van der Waals surface area contributed by atoms with E-state index in [2.05, 4.69) is 12.2 Å². The van der Waals surface area contributed by atoms with Crippen LogP contribution < -0.4 is 5.32 Å². The zero-order chi connectivity index (χ0) is 12.3. The van der Waals surface area contributed by atoms with Gasteiger partial charge in [0.1, 0.15) is 0 Å². The molecule has 1 rings (SSSR count). The summed E-state index contributed by atoms with van der Waals surface area (Å²) in [5, 5.41) is 13.0. The highest BCUT2D eigenvalue weighted by atomic mass is 16.3. The van der Waals surface area contributed by atoms with Gasteiger partial charge >= 0.3 is 0 Å². The van der Waals surface area contributed by atoms with Crippen molar-refractivity contribution in [2.45, 2.75) is 45.3 Å². The molecule has 0 aromatic rings. The molecule has 0 saturated carbocycles. The third kappa shape index (κ3) is 3.76. The predicted molar refractivity (Wildman–Crippen MR) is 64.1 cm³/mol. The standard InChI is InChI=1S/C12H24N2O2/c1-9-10(6-5-7-13-9)11(15)14(4)8-12(2,3)16/h9-10,13,16H,5-8H2,1-4H3. The van der Waals surface area contributed by atoms with Crippen LogP contribution in [0.25, 0.3) is 0 Å². The lowest BCUT2D eigenvalue weighted by Crippen LogP contribution is -2.49. The van der Waals surface area contributed by atoms with Crippen molar-refractivity contribution in [2.75, 3.05) is 20.1 Å². The lowest BCUT2D eigenvalue weighted by atomic mass is 9.90. The molecule has 94 valence electrons. The van der Waals surface area contributed by atoms with Gasteiger partial charge in [0.2, 0.25) is 5.91 Å². The fourth-order valence-electron chi connectivity index (χ4n) is 2.32. The number of piperidine rings is 1. The SMILES string of the molecule is CC1NCCCC1C(=O)N(C)CC(C)(C)O. The van der Waals surface area contributed by atoms with Crippen LogP contribution in [-0.4, -0.2) is 47.7 Å². The number of hydrogen-bond acceptors (Lipinski definition) is 3. The van der Waals surface area contributed by atoms with Gasteiger partial charge in [-0.2, -0.15) is 0 Å². The molecule has 0 aromatic carbocycles. The van der Waals surface area contributed by atoms with Crippen molar-refractivity contribution < 1.29 is 9.90 Å². The molecule has 0 radical (unpaired) electrons. The lowest BCUT2D eigenvalue weighted by Gasteiger charge is -2.34. The number of aliphatic hydroxyl groups is 1. The van der Waals surface area contributed by atoms with Crippen LogP contribution in [0.5, 0.6) is 0 Å². The summed E-state index contributed by atoms with van der Waals surface area (Å²) in [6.45, 7) is 6.88. The molecular weight excluding hydrogens is 204 g/mol. The Kier molecular flexibility index (Phi) is 4.33. The third-order valence-corrected chi connectivity index (χ3v) is 3.08. The molecule has 0 aliphatic carbocycles. The van der Waals surface area contributed by atoms with Crippen molar-refractivity contribution in [1.29, 1.82) is 0 Å². The topological polar surface area (TPSA) is 52.6 Å². The van der Waals surface area contributed by atoms with Crippen molar-refractivity contribution in [2.24, 2.45) is 5.92 Å². The number of carbonyl (C=O) groups is 1. The molecular formula is C12H24N2O2. The molecule has 0 bridgehead atoms. The summed E-state index contributed by atoms with van der Waals surface area (Å²) in [6.07, 6.45) is 2.00. The van der Waals surface area contributed by atoms with Crippen LogP contribution in [0.2, 0.25) is 0 Å². The summed E-state index contributed by atoms with van der Waals surface area (Å²) in [5.41, 5.74) is -0.824. The van der Waals surface area contributed by atoms with Crippen molar-refractivity contribution in [3.63, 3.8) is 0 Å². The van der Waals surface area contributed by atoms with Crippen LogP contribution in [0.15, 0.2) is 0 Å². The Morgan fingerprint density at radius 2 is 2.19 bits per heavy atom. The van der Waals surface area contributed by atoms with Gasteiger partial charge in [-0.1, -0.05) is 0 Å². The molecule has 2 atom stereocenters. The van der Waals surface area contributed by atoms with E-state index in [9.17, 15) is 9.90 Å². The first kappa shape index (κ1) is 13.5. The molecule has 2 unspecified atom stereocenters. The summed E-state index contributed by atoms with van der Waals surface area (Å²) in [4.78, 5) is 13.8. The van der Waals surface area contributed by atoms with Gasteiger partial charge in [-0.05, 0) is 40.2 Å². The van der Waals surface area contributed by atoms with Crippen molar-refractivity contribution >= 4 is 5.91 Å². The first-order valence-electron chi connectivity index (χ1n) is 6.02. The Balaban J connectivity index is 2.55. The fraction of sp³-hybridized carbons (Fsp3) is 0.917. The summed E-state index contributed by atoms with van der Waals surface area (Å²) < 4.78 is 0. The van der Waals surface area contributed by atoms with Gasteiger partial charge in [-0.25, -0.2) is 0 Å². The maximum Gasteiger partial charge on any atom is 0.227 e. The van der Waals surface area contributed by atoms with E-state index in [4.69, 9.17) is 0 Å². The highest BCUT2D eigenvalue weighted by Gasteiger charge is 2.31. The zero-order valence-corrected chi connectivity index (χ0v) is 10.8. The smallest absolute Gasteiger partial charge is 0.227 e. The summed E-state index contributed by atoms with van der Waals surface area (Å²) in [6, 6.07) is 0.241. The number of amides is 1. The van der Waals surface area contributed by atoms with Crippen LogP contribution in [0.1, 0.15) is 33.6 Å². The summed E-state index contributed by atoms with van der Waals surface area (Å²) in [5.74, 6) is 0.197. The minimum absolute atomic E-state index is 0.0566. The van der Waals surface area contributed by atoms with Crippen LogP contribution in [0.3, 0.4) is 0 Å². The molecule has 1 aliphatic heterocycles. The van der Waals surface area contributed by atoms with Crippen LogP contribution >= 0.6 is 0 Å². The molecule has 16 heavy (non-hydrogen) atoms. The number of rotatable bonds is 3. The first-order chi connectivity index (χ1) is 7.31. The highest BCUT2D eigenvalue weighted by molar-refractivity contribution is 5.79. The van der Waals surface area contributed by atoms with Gasteiger partial charge in [-0.15, -0.1) is 0 Å². The van der Waals surface area contributed by atoms with Gasteiger partial charge in [0.25, 0.3) is 0 Å². The minimum Gasteiger partial charge on any atom is -0.389 e. The fourth-order valence-corrected chi connectivity index (χ4v) is 2.32. The number of hydrogen-bond donors (Lipinski definition) is 2.